The molecule has 1 aromatic heterocycles. The van der Waals surface area contributed by atoms with Crippen LogP contribution in [0, 0.1) is 12.8 Å². The molecular weight excluding hydrogens is 286 g/mol. The molecule has 0 atom stereocenters. The highest BCUT2D eigenvalue weighted by Gasteiger charge is 2.21. The number of thiocarbonyl (C=S) groups is 1. The lowest BCUT2D eigenvalue weighted by Gasteiger charge is -2.25. The van der Waals surface area contributed by atoms with Crippen LogP contribution in [0.25, 0.3) is 0 Å². The Bertz CT molecular complexity index is 500. The van der Waals surface area contributed by atoms with E-state index in [0.29, 0.717) is 23.2 Å². The Kier molecular flexibility index (Phi) is 5.13. The van der Waals surface area contributed by atoms with Crippen LogP contribution in [0.3, 0.4) is 0 Å². The summed E-state index contributed by atoms with van der Waals surface area (Å²) in [5.74, 6) is -0.0907. The van der Waals surface area contributed by atoms with Gasteiger partial charge in [0.1, 0.15) is 5.69 Å². The van der Waals surface area contributed by atoms with E-state index in [1.807, 2.05) is 13.8 Å². The minimum Gasteiger partial charge on any atom is -0.375 e. The Hall–Kier alpha value is -1.34. The van der Waals surface area contributed by atoms with E-state index in [1.54, 1.807) is 14.0 Å². The number of hydrazine groups is 1. The lowest BCUT2D eigenvalue weighted by Crippen LogP contribution is -2.50. The van der Waals surface area contributed by atoms with Gasteiger partial charge in [-0.3, -0.25) is 19.9 Å². The van der Waals surface area contributed by atoms with Crippen molar-refractivity contribution < 1.29 is 4.79 Å². The average molecular weight is 304 g/mol. The van der Waals surface area contributed by atoms with Gasteiger partial charge in [0.15, 0.2) is 5.11 Å². The minimum absolute atomic E-state index is 0.108. The van der Waals surface area contributed by atoms with E-state index in [4.69, 9.17) is 29.6 Å². The van der Waals surface area contributed by atoms with Gasteiger partial charge in [-0.1, -0.05) is 25.4 Å². The molecule has 0 aliphatic heterocycles. The van der Waals surface area contributed by atoms with E-state index in [9.17, 15) is 4.79 Å². The third-order valence-corrected chi connectivity index (χ3v) is 3.09. The topological polar surface area (TPSA) is 76.2 Å². The summed E-state index contributed by atoms with van der Waals surface area (Å²) in [6, 6.07) is 0. The van der Waals surface area contributed by atoms with Crippen molar-refractivity contribution >= 4 is 34.8 Å². The van der Waals surface area contributed by atoms with Crippen LogP contribution in [0.5, 0.6) is 0 Å². The van der Waals surface area contributed by atoms with Crippen molar-refractivity contribution in [3.63, 3.8) is 0 Å². The fourth-order valence-electron chi connectivity index (χ4n) is 1.61. The molecular formula is C11H18ClN5OS. The molecule has 0 bridgehead atoms. The molecule has 0 aliphatic carbocycles. The number of rotatable bonds is 3. The van der Waals surface area contributed by atoms with E-state index in [0.717, 1.165) is 0 Å². The third kappa shape index (κ3) is 3.81. The van der Waals surface area contributed by atoms with Gasteiger partial charge in [0.25, 0.3) is 5.91 Å². The fraction of sp³-hybridized carbons (Fsp3) is 0.545. The number of hydrogen-bond acceptors (Lipinski definition) is 3. The number of nitrogens with zero attached hydrogens (tertiary/aromatic N) is 3. The molecule has 0 radical (unpaired) electrons. The predicted molar refractivity (Wildman–Crippen MR) is 78.8 cm³/mol. The fourth-order valence-corrected chi connectivity index (χ4v) is 1.98. The molecule has 8 heteroatoms. The van der Waals surface area contributed by atoms with E-state index in [2.05, 4.69) is 10.5 Å². The molecule has 0 fully saturated rings. The van der Waals surface area contributed by atoms with E-state index >= 15 is 0 Å². The summed E-state index contributed by atoms with van der Waals surface area (Å²) in [5, 5.41) is 5.95. The highest BCUT2D eigenvalue weighted by atomic mass is 35.5. The van der Waals surface area contributed by atoms with Gasteiger partial charge in [0.05, 0.1) is 10.7 Å². The van der Waals surface area contributed by atoms with Crippen LogP contribution < -0.4 is 11.2 Å². The highest BCUT2D eigenvalue weighted by Crippen LogP contribution is 2.19. The molecule has 6 nitrogen and oxygen atoms in total. The maximum atomic E-state index is 12.2. The average Bonchev–Trinajstić information content (AvgIpc) is 2.51. The van der Waals surface area contributed by atoms with Crippen molar-refractivity contribution in [3.05, 3.63) is 16.4 Å². The zero-order chi connectivity index (χ0) is 14.7. The number of hydrogen-bond donors (Lipinski definition) is 2. The first kappa shape index (κ1) is 15.7. The van der Waals surface area contributed by atoms with Gasteiger partial charge in [-0.05, 0) is 25.1 Å². The number of nitrogens with two attached hydrogens (primary N) is 1. The van der Waals surface area contributed by atoms with Crippen molar-refractivity contribution in [2.24, 2.45) is 18.7 Å². The van der Waals surface area contributed by atoms with E-state index in [1.165, 1.54) is 9.69 Å². The van der Waals surface area contributed by atoms with Crippen molar-refractivity contribution in [2.45, 2.75) is 20.8 Å². The first-order chi connectivity index (χ1) is 8.73. The van der Waals surface area contributed by atoms with E-state index in [-0.39, 0.29) is 16.7 Å². The maximum absolute atomic E-state index is 12.2. The Balaban J connectivity index is 2.91. The number of nitrogens with one attached hydrogen (secondary N) is 1. The second kappa shape index (κ2) is 6.21. The zero-order valence-corrected chi connectivity index (χ0v) is 13.0. The summed E-state index contributed by atoms with van der Waals surface area (Å²) in [6.45, 7) is 6.26. The first-order valence-corrected chi connectivity index (χ1v) is 6.59. The normalized spacial score (nSPS) is 10.6. The van der Waals surface area contributed by atoms with Crippen LogP contribution in [0.1, 0.15) is 30.0 Å². The summed E-state index contributed by atoms with van der Waals surface area (Å²) in [6.07, 6.45) is 0. The van der Waals surface area contributed by atoms with Gasteiger partial charge >= 0.3 is 0 Å². The molecule has 0 saturated heterocycles. The Morgan fingerprint density at radius 1 is 1.63 bits per heavy atom. The SMILES string of the molecule is Cc1nn(C)c(C(=O)NN(CC(C)C)C(N)=S)c1Cl. The number of aromatic nitrogens is 2. The van der Waals surface area contributed by atoms with Crippen molar-refractivity contribution in [1.82, 2.24) is 20.2 Å². The largest absolute Gasteiger partial charge is 0.375 e. The molecule has 1 amide bonds. The second-order valence-electron chi connectivity index (χ2n) is 4.66. The van der Waals surface area contributed by atoms with Gasteiger partial charge in [-0.15, -0.1) is 0 Å². The molecule has 19 heavy (non-hydrogen) atoms. The van der Waals surface area contributed by atoms with Gasteiger partial charge in [0.2, 0.25) is 0 Å². The number of carbonyl (C=O) groups excluding carboxylic acids is 1. The third-order valence-electron chi connectivity index (χ3n) is 2.41. The maximum Gasteiger partial charge on any atom is 0.289 e. The van der Waals surface area contributed by atoms with Crippen LogP contribution in [0.2, 0.25) is 5.02 Å². The quantitative estimate of drug-likeness (QED) is 0.649. The Morgan fingerprint density at radius 2 is 2.21 bits per heavy atom. The summed E-state index contributed by atoms with van der Waals surface area (Å²) in [7, 11) is 1.65. The zero-order valence-electron chi connectivity index (χ0n) is 11.4. The molecule has 0 aromatic carbocycles. The summed E-state index contributed by atoms with van der Waals surface area (Å²) < 4.78 is 1.43. The van der Waals surface area contributed by atoms with Crippen LogP contribution in [0.4, 0.5) is 0 Å². The van der Waals surface area contributed by atoms with Crippen LogP contribution in [-0.4, -0.2) is 32.4 Å². The summed E-state index contributed by atoms with van der Waals surface area (Å²) in [4.78, 5) is 12.2. The number of halogens is 1. The lowest BCUT2D eigenvalue weighted by molar-refractivity contribution is 0.0853. The molecule has 1 heterocycles. The number of carbonyl (C=O) groups is 1. The second-order valence-corrected chi connectivity index (χ2v) is 5.45. The smallest absolute Gasteiger partial charge is 0.289 e. The van der Waals surface area contributed by atoms with Crippen molar-refractivity contribution in [1.29, 1.82) is 0 Å². The van der Waals surface area contributed by atoms with Gasteiger partial charge in [-0.2, -0.15) is 5.10 Å². The molecule has 1 rings (SSSR count). The van der Waals surface area contributed by atoms with Crippen molar-refractivity contribution in [3.8, 4) is 0 Å². The molecule has 106 valence electrons. The molecule has 0 unspecified atom stereocenters. The van der Waals surface area contributed by atoms with Gasteiger partial charge < -0.3 is 5.73 Å². The molecule has 3 N–H and O–H groups in total. The van der Waals surface area contributed by atoms with Crippen LogP contribution >= 0.6 is 23.8 Å². The molecule has 0 aliphatic rings. The Labute approximate surface area is 122 Å². The number of aryl methyl sites for hydroxylation is 2. The lowest BCUT2D eigenvalue weighted by atomic mass is 10.2. The predicted octanol–water partition coefficient (Wildman–Crippen LogP) is 1.23. The van der Waals surface area contributed by atoms with E-state index < -0.39 is 0 Å². The Morgan fingerprint density at radius 3 is 2.58 bits per heavy atom. The molecule has 0 spiro atoms. The number of amides is 1. The first-order valence-electron chi connectivity index (χ1n) is 5.81. The van der Waals surface area contributed by atoms with Crippen molar-refractivity contribution in [2.75, 3.05) is 6.54 Å². The summed E-state index contributed by atoms with van der Waals surface area (Å²) >= 11 is 11.0. The minimum atomic E-state index is -0.387. The van der Waals surface area contributed by atoms with Crippen LogP contribution in [-0.2, 0) is 7.05 Å². The van der Waals surface area contributed by atoms with Gasteiger partial charge in [0, 0.05) is 13.6 Å². The summed E-state index contributed by atoms with van der Waals surface area (Å²) in [5.41, 5.74) is 9.10. The highest BCUT2D eigenvalue weighted by molar-refractivity contribution is 7.80. The molecule has 0 saturated carbocycles. The monoisotopic (exact) mass is 303 g/mol. The molecule has 1 aromatic rings. The van der Waals surface area contributed by atoms with Crippen LogP contribution in [0.15, 0.2) is 0 Å². The van der Waals surface area contributed by atoms with Gasteiger partial charge in [-0.25, -0.2) is 0 Å². The standard InChI is InChI=1S/C11H18ClN5OS/c1-6(2)5-17(11(13)19)15-10(18)9-8(12)7(3)14-16(9)4/h6H,5H2,1-4H3,(H2,13,19)(H,15,18).